The molecule has 0 bridgehead atoms. The van der Waals surface area contributed by atoms with Crippen LogP contribution in [0.5, 0.6) is 0 Å². The number of halogens is 2. The summed E-state index contributed by atoms with van der Waals surface area (Å²) in [5.74, 6) is -0.996. The van der Waals surface area contributed by atoms with E-state index < -0.39 is 5.92 Å². The fraction of sp³-hybridized carbons (Fsp3) is 0.286. The molecule has 0 saturated carbocycles. The molecular formula is C28H27F2N5O. The summed E-state index contributed by atoms with van der Waals surface area (Å²) < 4.78 is 29.0. The van der Waals surface area contributed by atoms with Crippen molar-refractivity contribution in [2.75, 3.05) is 4.90 Å². The van der Waals surface area contributed by atoms with E-state index in [1.807, 2.05) is 42.5 Å². The molecule has 1 aliphatic rings. The summed E-state index contributed by atoms with van der Waals surface area (Å²) in [5.41, 5.74) is 4.41. The molecule has 2 aromatic carbocycles. The monoisotopic (exact) mass is 487 g/mol. The standard InChI is InChI=1S/C28H27F2N5O/c1-17(2)21-7-5-6-8-22(21)25-31-14-20-13-24(36)35(27(20)33-25)16-18-9-11-19(12-10-18)26-32-15-23(34(26)4)28(3,29)30/h5-12,14-15,17H,13,16H2,1-4H3. The molecule has 0 atom stereocenters. The van der Waals surface area contributed by atoms with Crippen molar-refractivity contribution in [2.45, 2.75) is 45.6 Å². The number of amides is 1. The summed E-state index contributed by atoms with van der Waals surface area (Å²) in [4.78, 5) is 28.1. The highest BCUT2D eigenvalue weighted by atomic mass is 19.3. The van der Waals surface area contributed by atoms with Crippen molar-refractivity contribution < 1.29 is 13.6 Å². The lowest BCUT2D eigenvalue weighted by molar-refractivity contribution is -0.117. The average molecular weight is 488 g/mol. The number of hydrogen-bond donors (Lipinski definition) is 0. The zero-order chi connectivity index (χ0) is 25.6. The van der Waals surface area contributed by atoms with Crippen LogP contribution in [0.15, 0.2) is 60.9 Å². The average Bonchev–Trinajstić information content (AvgIpc) is 3.38. The van der Waals surface area contributed by atoms with Crippen LogP contribution in [0.3, 0.4) is 0 Å². The van der Waals surface area contributed by atoms with Crippen LogP contribution in [0.2, 0.25) is 0 Å². The van der Waals surface area contributed by atoms with Crippen LogP contribution >= 0.6 is 0 Å². The lowest BCUT2D eigenvalue weighted by Gasteiger charge is -2.18. The lowest BCUT2D eigenvalue weighted by Crippen LogP contribution is -2.26. The minimum Gasteiger partial charge on any atom is -0.326 e. The molecule has 184 valence electrons. The number of nitrogens with zero attached hydrogens (tertiary/aromatic N) is 5. The van der Waals surface area contributed by atoms with Crippen molar-refractivity contribution in [3.05, 3.63) is 83.3 Å². The molecule has 8 heteroatoms. The Balaban J connectivity index is 1.42. The van der Waals surface area contributed by atoms with Gasteiger partial charge in [0.15, 0.2) is 5.82 Å². The lowest BCUT2D eigenvalue weighted by atomic mass is 9.97. The number of carbonyl (C=O) groups excluding carboxylic acids is 1. The first-order valence-electron chi connectivity index (χ1n) is 11.9. The first-order valence-corrected chi connectivity index (χ1v) is 11.9. The van der Waals surface area contributed by atoms with Crippen LogP contribution in [-0.4, -0.2) is 25.4 Å². The number of imidazole rings is 1. The number of hydrogen-bond acceptors (Lipinski definition) is 4. The molecule has 0 spiro atoms. The van der Waals surface area contributed by atoms with Gasteiger partial charge >= 0.3 is 0 Å². The Kier molecular flexibility index (Phi) is 5.90. The third kappa shape index (κ3) is 4.27. The number of fused-ring (bicyclic) bond motifs is 1. The van der Waals surface area contributed by atoms with Crippen molar-refractivity contribution in [1.82, 2.24) is 19.5 Å². The normalized spacial score (nSPS) is 13.5. The molecule has 5 rings (SSSR count). The van der Waals surface area contributed by atoms with Gasteiger partial charge in [-0.3, -0.25) is 9.69 Å². The predicted octanol–water partition coefficient (Wildman–Crippen LogP) is 5.87. The Morgan fingerprint density at radius 1 is 1.03 bits per heavy atom. The molecule has 0 aliphatic carbocycles. The van der Waals surface area contributed by atoms with Gasteiger partial charge in [0.1, 0.15) is 17.3 Å². The highest BCUT2D eigenvalue weighted by Gasteiger charge is 2.31. The van der Waals surface area contributed by atoms with Gasteiger partial charge in [-0.15, -0.1) is 0 Å². The summed E-state index contributed by atoms with van der Waals surface area (Å²) in [7, 11) is 1.58. The quantitative estimate of drug-likeness (QED) is 0.341. The molecule has 0 saturated heterocycles. The van der Waals surface area contributed by atoms with Gasteiger partial charge in [-0.2, -0.15) is 8.78 Å². The molecule has 1 amide bonds. The zero-order valence-electron chi connectivity index (χ0n) is 20.7. The van der Waals surface area contributed by atoms with Gasteiger partial charge < -0.3 is 4.57 Å². The van der Waals surface area contributed by atoms with Crippen LogP contribution < -0.4 is 4.90 Å². The van der Waals surface area contributed by atoms with Crippen molar-refractivity contribution >= 4 is 11.7 Å². The highest BCUT2D eigenvalue weighted by Crippen LogP contribution is 2.33. The van der Waals surface area contributed by atoms with E-state index in [-0.39, 0.29) is 18.0 Å². The molecule has 2 aromatic heterocycles. The summed E-state index contributed by atoms with van der Waals surface area (Å²) in [6.07, 6.45) is 3.22. The smallest absolute Gasteiger partial charge is 0.286 e. The molecule has 6 nitrogen and oxygen atoms in total. The first kappa shape index (κ1) is 23.8. The SMILES string of the molecule is CC(C)c1ccccc1-c1ncc2c(n1)N(Cc1ccc(-c3ncc(C(C)(F)F)n3C)cc1)C(=O)C2. The van der Waals surface area contributed by atoms with Gasteiger partial charge in [-0.1, -0.05) is 62.4 Å². The van der Waals surface area contributed by atoms with Gasteiger partial charge in [0.05, 0.1) is 19.2 Å². The molecule has 1 aliphatic heterocycles. The van der Waals surface area contributed by atoms with Gasteiger partial charge in [-0.25, -0.2) is 15.0 Å². The van der Waals surface area contributed by atoms with Crippen LogP contribution in [-0.2, 0) is 30.7 Å². The van der Waals surface area contributed by atoms with Crippen LogP contribution in [0.1, 0.15) is 49.1 Å². The number of carbonyl (C=O) groups is 1. The second-order valence-electron chi connectivity index (χ2n) is 9.55. The summed E-state index contributed by atoms with van der Waals surface area (Å²) >= 11 is 0. The minimum atomic E-state index is -2.97. The van der Waals surface area contributed by atoms with Crippen molar-refractivity contribution in [3.63, 3.8) is 0 Å². The highest BCUT2D eigenvalue weighted by molar-refractivity contribution is 6.00. The summed E-state index contributed by atoms with van der Waals surface area (Å²) in [5, 5.41) is 0. The van der Waals surface area contributed by atoms with Crippen molar-refractivity contribution in [1.29, 1.82) is 0 Å². The first-order chi connectivity index (χ1) is 17.1. The molecule has 0 fully saturated rings. The Hall–Kier alpha value is -3.94. The Bertz CT molecular complexity index is 1440. The maximum absolute atomic E-state index is 13.8. The van der Waals surface area contributed by atoms with Gasteiger partial charge in [0.25, 0.3) is 5.92 Å². The van der Waals surface area contributed by atoms with E-state index in [2.05, 4.69) is 29.9 Å². The number of aromatic nitrogens is 4. The topological polar surface area (TPSA) is 63.9 Å². The second-order valence-corrected chi connectivity index (χ2v) is 9.55. The number of benzene rings is 2. The maximum atomic E-state index is 13.8. The van der Waals surface area contributed by atoms with Gasteiger partial charge in [0, 0.05) is 36.9 Å². The molecule has 36 heavy (non-hydrogen) atoms. The van der Waals surface area contributed by atoms with Gasteiger partial charge in [-0.05, 0) is 17.0 Å². The van der Waals surface area contributed by atoms with Crippen LogP contribution in [0.25, 0.3) is 22.8 Å². The van der Waals surface area contributed by atoms with E-state index in [0.717, 1.165) is 34.7 Å². The van der Waals surface area contributed by atoms with E-state index in [1.165, 1.54) is 10.8 Å². The van der Waals surface area contributed by atoms with E-state index in [0.29, 0.717) is 29.9 Å². The molecule has 0 radical (unpaired) electrons. The molecule has 0 N–H and O–H groups in total. The fourth-order valence-electron chi connectivity index (χ4n) is 4.66. The second kappa shape index (κ2) is 8.93. The predicted molar refractivity (Wildman–Crippen MR) is 135 cm³/mol. The largest absolute Gasteiger partial charge is 0.326 e. The molecule has 0 unspecified atom stereocenters. The fourth-order valence-corrected chi connectivity index (χ4v) is 4.66. The number of rotatable bonds is 6. The molecule has 4 aromatic rings. The minimum absolute atomic E-state index is 0.0309. The summed E-state index contributed by atoms with van der Waals surface area (Å²) in [6, 6.07) is 15.5. The van der Waals surface area contributed by atoms with Crippen LogP contribution in [0.4, 0.5) is 14.6 Å². The maximum Gasteiger partial charge on any atom is 0.286 e. The van der Waals surface area contributed by atoms with Gasteiger partial charge in [0.2, 0.25) is 5.91 Å². The molecule has 3 heterocycles. The Morgan fingerprint density at radius 2 is 1.75 bits per heavy atom. The zero-order valence-corrected chi connectivity index (χ0v) is 20.7. The Labute approximate surface area is 208 Å². The van der Waals surface area contributed by atoms with E-state index >= 15 is 0 Å². The van der Waals surface area contributed by atoms with Crippen LogP contribution in [0, 0.1) is 0 Å². The van der Waals surface area contributed by atoms with Crippen molar-refractivity contribution in [3.8, 4) is 22.8 Å². The number of anilines is 1. The van der Waals surface area contributed by atoms with E-state index in [9.17, 15) is 13.6 Å². The third-order valence-corrected chi connectivity index (χ3v) is 6.55. The third-order valence-electron chi connectivity index (χ3n) is 6.55. The molecular weight excluding hydrogens is 460 g/mol. The Morgan fingerprint density at radius 3 is 2.42 bits per heavy atom. The summed E-state index contributed by atoms with van der Waals surface area (Å²) in [6.45, 7) is 5.47. The van der Waals surface area contributed by atoms with E-state index in [4.69, 9.17) is 4.98 Å². The van der Waals surface area contributed by atoms with Crippen molar-refractivity contribution in [2.24, 2.45) is 7.05 Å². The number of alkyl halides is 2. The van der Waals surface area contributed by atoms with E-state index in [1.54, 1.807) is 18.1 Å².